The average Bonchev–Trinajstić information content (AvgIpc) is 2.17. The fraction of sp³-hybridized carbons (Fsp3) is 0.700. The summed E-state index contributed by atoms with van der Waals surface area (Å²) in [6.45, 7) is 6.32. The minimum atomic E-state index is -0.00386. The van der Waals surface area contributed by atoms with Crippen LogP contribution < -0.4 is 11.1 Å². The fourth-order valence-electron chi connectivity index (χ4n) is 0.884. The fourth-order valence-corrected chi connectivity index (χ4v) is 1.46. The van der Waals surface area contributed by atoms with Crippen LogP contribution in [0.25, 0.3) is 0 Å². The maximum Gasteiger partial charge on any atom is 0.221 e. The van der Waals surface area contributed by atoms with Crippen LogP contribution >= 0.6 is 11.8 Å². The summed E-state index contributed by atoms with van der Waals surface area (Å²) in [5, 5.41) is 2.83. The van der Waals surface area contributed by atoms with Gasteiger partial charge in [0, 0.05) is 30.5 Å². The van der Waals surface area contributed by atoms with Crippen molar-refractivity contribution in [2.45, 2.75) is 25.8 Å². The number of nitrogens with one attached hydrogen (secondary N) is 1. The molecule has 0 heterocycles. The molecule has 3 N–H and O–H groups in total. The van der Waals surface area contributed by atoms with E-state index in [0.29, 0.717) is 13.0 Å². The molecule has 0 spiro atoms. The van der Waals surface area contributed by atoms with E-state index in [-0.39, 0.29) is 11.9 Å². The Hall–Kier alpha value is -0.480. The second kappa shape index (κ2) is 9.09. The quantitative estimate of drug-likeness (QED) is 0.473. The first-order valence-corrected chi connectivity index (χ1v) is 6.07. The number of thioether (sulfide) groups is 1. The van der Waals surface area contributed by atoms with E-state index in [9.17, 15) is 4.79 Å². The van der Waals surface area contributed by atoms with E-state index in [4.69, 9.17) is 5.73 Å². The molecule has 0 aromatic heterocycles. The molecule has 0 aromatic rings. The summed E-state index contributed by atoms with van der Waals surface area (Å²) in [5.74, 6) is 1.92. The van der Waals surface area contributed by atoms with E-state index in [0.717, 1.165) is 17.9 Å². The van der Waals surface area contributed by atoms with Gasteiger partial charge in [-0.15, -0.1) is 6.58 Å². The molecule has 0 radical (unpaired) electrons. The molecule has 1 amide bonds. The van der Waals surface area contributed by atoms with Gasteiger partial charge in [0.2, 0.25) is 5.91 Å². The van der Waals surface area contributed by atoms with Crippen LogP contribution in [0.15, 0.2) is 12.7 Å². The van der Waals surface area contributed by atoms with Crippen LogP contribution in [-0.2, 0) is 4.79 Å². The summed E-state index contributed by atoms with van der Waals surface area (Å²) < 4.78 is 0. The first-order valence-electron chi connectivity index (χ1n) is 4.91. The highest BCUT2D eigenvalue weighted by molar-refractivity contribution is 7.99. The van der Waals surface area contributed by atoms with Gasteiger partial charge in [-0.05, 0) is 6.42 Å². The molecule has 1 unspecified atom stereocenters. The van der Waals surface area contributed by atoms with Crippen molar-refractivity contribution in [3.63, 3.8) is 0 Å². The van der Waals surface area contributed by atoms with Gasteiger partial charge in [0.25, 0.3) is 0 Å². The van der Waals surface area contributed by atoms with Crippen molar-refractivity contribution in [3.05, 3.63) is 12.7 Å². The van der Waals surface area contributed by atoms with Crippen molar-refractivity contribution in [2.75, 3.05) is 18.1 Å². The largest absolute Gasteiger partial charge is 0.355 e. The molecule has 0 bridgehead atoms. The van der Waals surface area contributed by atoms with Crippen LogP contribution in [0.4, 0.5) is 0 Å². The van der Waals surface area contributed by atoms with Gasteiger partial charge in [-0.25, -0.2) is 0 Å². The predicted octanol–water partition coefficient (Wildman–Crippen LogP) is 1.15. The third-order valence-electron chi connectivity index (χ3n) is 1.78. The second-order valence-corrected chi connectivity index (χ2v) is 4.24. The molecule has 0 saturated heterocycles. The van der Waals surface area contributed by atoms with E-state index < -0.39 is 0 Å². The summed E-state index contributed by atoms with van der Waals surface area (Å²) in [4.78, 5) is 11.2. The highest BCUT2D eigenvalue weighted by atomic mass is 32.2. The smallest absolute Gasteiger partial charge is 0.221 e. The van der Waals surface area contributed by atoms with E-state index in [1.807, 2.05) is 13.0 Å². The molecule has 0 aliphatic heterocycles. The minimum absolute atomic E-state index is 0.00386. The average molecular weight is 216 g/mol. The van der Waals surface area contributed by atoms with Gasteiger partial charge in [-0.3, -0.25) is 4.79 Å². The standard InChI is InChI=1S/C10H20N2OS/c1-3-6-14-7-5-12-10(13)8-9(11)4-2/h3,9H,1,4-8,11H2,2H3,(H,12,13). The molecule has 0 saturated carbocycles. The molecule has 0 aliphatic carbocycles. The number of hydrogen-bond acceptors (Lipinski definition) is 3. The Balaban J connectivity index is 3.31. The Morgan fingerprint density at radius 1 is 1.71 bits per heavy atom. The molecular weight excluding hydrogens is 196 g/mol. The Morgan fingerprint density at radius 3 is 3.00 bits per heavy atom. The first kappa shape index (κ1) is 13.5. The molecule has 1 atom stereocenters. The van der Waals surface area contributed by atoms with Gasteiger partial charge in [0.15, 0.2) is 0 Å². The number of rotatable bonds is 8. The van der Waals surface area contributed by atoms with Gasteiger partial charge in [-0.2, -0.15) is 11.8 Å². The highest BCUT2D eigenvalue weighted by Gasteiger charge is 2.05. The van der Waals surface area contributed by atoms with Crippen LogP contribution in [0.3, 0.4) is 0 Å². The second-order valence-electron chi connectivity index (χ2n) is 3.09. The molecule has 3 nitrogen and oxygen atoms in total. The van der Waals surface area contributed by atoms with Crippen molar-refractivity contribution < 1.29 is 4.79 Å². The van der Waals surface area contributed by atoms with Crippen LogP contribution in [0.1, 0.15) is 19.8 Å². The molecule has 0 aliphatic rings. The third kappa shape index (κ3) is 8.13. The number of hydrogen-bond donors (Lipinski definition) is 2. The normalized spacial score (nSPS) is 12.1. The van der Waals surface area contributed by atoms with Crippen molar-refractivity contribution in [1.29, 1.82) is 0 Å². The van der Waals surface area contributed by atoms with E-state index in [1.54, 1.807) is 11.8 Å². The lowest BCUT2D eigenvalue weighted by Gasteiger charge is -2.08. The Bertz CT molecular complexity index is 174. The molecule has 14 heavy (non-hydrogen) atoms. The van der Waals surface area contributed by atoms with Crippen LogP contribution in [0.5, 0.6) is 0 Å². The summed E-state index contributed by atoms with van der Waals surface area (Å²) in [6.07, 6.45) is 3.14. The van der Waals surface area contributed by atoms with Crippen LogP contribution in [-0.4, -0.2) is 30.0 Å². The SMILES string of the molecule is C=CCSCCNC(=O)CC(N)CC. The highest BCUT2D eigenvalue weighted by Crippen LogP contribution is 1.98. The number of carbonyl (C=O) groups is 1. The van der Waals surface area contributed by atoms with Crippen molar-refractivity contribution in [2.24, 2.45) is 5.73 Å². The number of nitrogens with two attached hydrogens (primary N) is 1. The third-order valence-corrected chi connectivity index (χ3v) is 2.74. The molecule has 0 rings (SSSR count). The zero-order valence-corrected chi connectivity index (χ0v) is 9.61. The maximum absolute atomic E-state index is 11.2. The number of carbonyl (C=O) groups excluding carboxylic acids is 1. The lowest BCUT2D eigenvalue weighted by atomic mass is 10.1. The Kier molecular flexibility index (Phi) is 8.78. The summed E-state index contributed by atoms with van der Waals surface area (Å²) in [5.41, 5.74) is 5.65. The van der Waals surface area contributed by atoms with Gasteiger partial charge >= 0.3 is 0 Å². The van der Waals surface area contributed by atoms with Gasteiger partial charge in [0.1, 0.15) is 0 Å². The predicted molar refractivity (Wildman–Crippen MR) is 63.4 cm³/mol. The van der Waals surface area contributed by atoms with E-state index in [1.165, 1.54) is 0 Å². The van der Waals surface area contributed by atoms with Crippen molar-refractivity contribution in [3.8, 4) is 0 Å². The van der Waals surface area contributed by atoms with Crippen molar-refractivity contribution >= 4 is 17.7 Å². The molecule has 0 fully saturated rings. The summed E-state index contributed by atoms with van der Waals surface area (Å²) in [6, 6.07) is -0.00386. The summed E-state index contributed by atoms with van der Waals surface area (Å²) >= 11 is 1.76. The van der Waals surface area contributed by atoms with E-state index >= 15 is 0 Å². The van der Waals surface area contributed by atoms with Gasteiger partial charge in [-0.1, -0.05) is 13.0 Å². The molecule has 82 valence electrons. The van der Waals surface area contributed by atoms with Crippen LogP contribution in [0.2, 0.25) is 0 Å². The Labute approximate surface area is 90.5 Å². The first-order chi connectivity index (χ1) is 6.70. The Morgan fingerprint density at radius 2 is 2.43 bits per heavy atom. The zero-order chi connectivity index (χ0) is 10.8. The monoisotopic (exact) mass is 216 g/mol. The maximum atomic E-state index is 11.2. The minimum Gasteiger partial charge on any atom is -0.355 e. The van der Waals surface area contributed by atoms with E-state index in [2.05, 4.69) is 11.9 Å². The van der Waals surface area contributed by atoms with Gasteiger partial charge < -0.3 is 11.1 Å². The summed E-state index contributed by atoms with van der Waals surface area (Å²) in [7, 11) is 0. The molecular formula is C10H20N2OS. The topological polar surface area (TPSA) is 55.1 Å². The van der Waals surface area contributed by atoms with Crippen molar-refractivity contribution in [1.82, 2.24) is 5.32 Å². The molecule has 4 heteroatoms. The molecule has 0 aromatic carbocycles. The zero-order valence-electron chi connectivity index (χ0n) is 8.79. The lowest BCUT2D eigenvalue weighted by molar-refractivity contribution is -0.121. The van der Waals surface area contributed by atoms with Crippen LogP contribution in [0, 0.1) is 0 Å². The lowest BCUT2D eigenvalue weighted by Crippen LogP contribution is -2.32. The van der Waals surface area contributed by atoms with Gasteiger partial charge in [0.05, 0.1) is 0 Å². The number of amides is 1.